The van der Waals surface area contributed by atoms with E-state index in [1.807, 2.05) is 26.8 Å². The van der Waals surface area contributed by atoms with E-state index in [-0.39, 0.29) is 29.5 Å². The zero-order valence-electron chi connectivity index (χ0n) is 15.6. The highest BCUT2D eigenvalue weighted by Crippen LogP contribution is 2.48. The van der Waals surface area contributed by atoms with Gasteiger partial charge in [0.1, 0.15) is 12.2 Å². The molecule has 1 aliphatic heterocycles. The molecule has 27 heavy (non-hydrogen) atoms. The van der Waals surface area contributed by atoms with E-state index in [1.165, 1.54) is 0 Å². The average molecular weight is 366 g/mol. The number of allylic oxidation sites excluding steroid dienone is 1. The van der Waals surface area contributed by atoms with Gasteiger partial charge in [-0.15, -0.1) is 0 Å². The molecular formula is C22H22O5. The zero-order chi connectivity index (χ0) is 19.3. The van der Waals surface area contributed by atoms with E-state index < -0.39 is 18.2 Å². The van der Waals surface area contributed by atoms with Crippen molar-refractivity contribution < 1.29 is 23.9 Å². The van der Waals surface area contributed by atoms with E-state index in [1.54, 1.807) is 30.3 Å². The highest BCUT2D eigenvalue weighted by atomic mass is 16.6. The van der Waals surface area contributed by atoms with Crippen LogP contribution in [-0.4, -0.2) is 29.9 Å². The summed E-state index contributed by atoms with van der Waals surface area (Å²) in [4.78, 5) is 37.5. The lowest BCUT2D eigenvalue weighted by Crippen LogP contribution is -2.38. The van der Waals surface area contributed by atoms with Gasteiger partial charge in [-0.25, -0.2) is 4.79 Å². The number of fused-ring (bicyclic) bond motifs is 3. The van der Waals surface area contributed by atoms with Crippen LogP contribution in [0.1, 0.15) is 37.6 Å². The molecule has 0 radical (unpaired) electrons. The van der Waals surface area contributed by atoms with Crippen LogP contribution < -0.4 is 0 Å². The van der Waals surface area contributed by atoms with Gasteiger partial charge in [0.25, 0.3) is 0 Å². The lowest BCUT2D eigenvalue weighted by atomic mass is 9.79. The van der Waals surface area contributed by atoms with E-state index >= 15 is 0 Å². The fourth-order valence-electron chi connectivity index (χ4n) is 4.69. The Kier molecular flexibility index (Phi) is 4.25. The Morgan fingerprint density at radius 3 is 2.56 bits per heavy atom. The van der Waals surface area contributed by atoms with E-state index in [2.05, 4.69) is 0 Å². The van der Waals surface area contributed by atoms with Crippen LogP contribution in [0.25, 0.3) is 0 Å². The first kappa shape index (κ1) is 17.7. The number of ketones is 1. The van der Waals surface area contributed by atoms with Gasteiger partial charge in [-0.1, -0.05) is 36.3 Å². The molecule has 4 rings (SSSR count). The van der Waals surface area contributed by atoms with Crippen LogP contribution in [0.4, 0.5) is 0 Å². The number of rotatable bonds is 2. The van der Waals surface area contributed by atoms with Gasteiger partial charge in [0.15, 0.2) is 5.78 Å². The molecule has 5 heteroatoms. The van der Waals surface area contributed by atoms with Crippen LogP contribution >= 0.6 is 0 Å². The fourth-order valence-corrected chi connectivity index (χ4v) is 4.69. The molecule has 0 aromatic heterocycles. The Morgan fingerprint density at radius 1 is 1.15 bits per heavy atom. The lowest BCUT2D eigenvalue weighted by Gasteiger charge is -2.29. The maximum Gasteiger partial charge on any atom is 0.338 e. The summed E-state index contributed by atoms with van der Waals surface area (Å²) in [5, 5.41) is 0. The Balaban J connectivity index is 1.71. The summed E-state index contributed by atoms with van der Waals surface area (Å²) in [7, 11) is 0. The zero-order valence-corrected chi connectivity index (χ0v) is 15.6. The van der Waals surface area contributed by atoms with Gasteiger partial charge in [-0.2, -0.15) is 0 Å². The lowest BCUT2D eigenvalue weighted by molar-refractivity contribution is -0.144. The Morgan fingerprint density at radius 2 is 1.85 bits per heavy atom. The molecule has 140 valence electrons. The Hall–Kier alpha value is -2.69. The normalized spacial score (nSPS) is 32.4. The van der Waals surface area contributed by atoms with Crippen LogP contribution in [0.2, 0.25) is 0 Å². The number of carbonyl (C=O) groups is 3. The minimum Gasteiger partial charge on any atom is -0.461 e. The van der Waals surface area contributed by atoms with E-state index in [4.69, 9.17) is 9.47 Å². The number of carbonyl (C=O) groups excluding carboxylic acids is 3. The molecule has 1 aromatic carbocycles. The quantitative estimate of drug-likeness (QED) is 0.752. The van der Waals surface area contributed by atoms with Gasteiger partial charge in [-0.3, -0.25) is 9.59 Å². The predicted octanol–water partition coefficient (Wildman–Crippen LogP) is 3.26. The first-order valence-corrected chi connectivity index (χ1v) is 9.27. The van der Waals surface area contributed by atoms with Crippen molar-refractivity contribution in [3.05, 3.63) is 58.7 Å². The Bertz CT molecular complexity index is 879. The molecule has 5 nitrogen and oxygen atoms in total. The van der Waals surface area contributed by atoms with Gasteiger partial charge < -0.3 is 9.47 Å². The van der Waals surface area contributed by atoms with Gasteiger partial charge in [0.2, 0.25) is 0 Å². The summed E-state index contributed by atoms with van der Waals surface area (Å²) in [6.07, 6.45) is 1.08. The minimum atomic E-state index is -0.511. The maximum absolute atomic E-state index is 12.6. The molecule has 0 bridgehead atoms. The van der Waals surface area contributed by atoms with Gasteiger partial charge in [0, 0.05) is 23.8 Å². The topological polar surface area (TPSA) is 69.7 Å². The van der Waals surface area contributed by atoms with Crippen molar-refractivity contribution in [3.8, 4) is 0 Å². The fraction of sp³-hybridized carbons (Fsp3) is 0.409. The van der Waals surface area contributed by atoms with Gasteiger partial charge in [0.05, 0.1) is 11.5 Å². The third-order valence-corrected chi connectivity index (χ3v) is 6.00. The van der Waals surface area contributed by atoms with Crippen molar-refractivity contribution in [1.29, 1.82) is 0 Å². The third-order valence-electron chi connectivity index (χ3n) is 6.00. The second-order valence-corrected chi connectivity index (χ2v) is 7.71. The molecule has 1 saturated heterocycles. The van der Waals surface area contributed by atoms with Gasteiger partial charge >= 0.3 is 11.9 Å². The van der Waals surface area contributed by atoms with Crippen LogP contribution in [0.15, 0.2) is 53.1 Å². The molecule has 0 unspecified atom stereocenters. The molecule has 5 atom stereocenters. The summed E-state index contributed by atoms with van der Waals surface area (Å²) in [5.74, 6) is -1.65. The molecule has 1 fully saturated rings. The SMILES string of the molecule is CC1=CC(=O)C2=C(C)C[C@@H](OC(=O)c3ccccc3)[C@@H]3[C@@H](OC(=O)[C@@H]3C)[C@H]12. The summed E-state index contributed by atoms with van der Waals surface area (Å²) < 4.78 is 11.6. The average Bonchev–Trinajstić information content (AvgIpc) is 3.05. The molecule has 0 saturated carbocycles. The maximum atomic E-state index is 12.6. The summed E-state index contributed by atoms with van der Waals surface area (Å²) in [5.41, 5.74) is 2.97. The molecule has 0 N–H and O–H groups in total. The number of ether oxygens (including phenoxy) is 2. The van der Waals surface area contributed by atoms with Crippen molar-refractivity contribution in [2.24, 2.45) is 17.8 Å². The van der Waals surface area contributed by atoms with Crippen LogP contribution in [0, 0.1) is 17.8 Å². The van der Waals surface area contributed by atoms with Crippen molar-refractivity contribution in [3.63, 3.8) is 0 Å². The van der Waals surface area contributed by atoms with Crippen LogP contribution in [-0.2, 0) is 19.1 Å². The summed E-state index contributed by atoms with van der Waals surface area (Å²) >= 11 is 0. The second-order valence-electron chi connectivity index (χ2n) is 7.71. The molecule has 1 heterocycles. The van der Waals surface area contributed by atoms with Crippen molar-refractivity contribution in [2.75, 3.05) is 0 Å². The van der Waals surface area contributed by atoms with E-state index in [0.717, 1.165) is 11.1 Å². The van der Waals surface area contributed by atoms with Crippen LogP contribution in [0.5, 0.6) is 0 Å². The molecule has 2 aliphatic carbocycles. The smallest absolute Gasteiger partial charge is 0.338 e. The van der Waals surface area contributed by atoms with Crippen molar-refractivity contribution >= 4 is 17.7 Å². The second kappa shape index (κ2) is 6.48. The number of hydrogen-bond donors (Lipinski definition) is 0. The first-order valence-electron chi connectivity index (χ1n) is 9.27. The third kappa shape index (κ3) is 2.82. The largest absolute Gasteiger partial charge is 0.461 e. The molecular weight excluding hydrogens is 344 g/mol. The number of hydrogen-bond acceptors (Lipinski definition) is 5. The summed E-state index contributed by atoms with van der Waals surface area (Å²) in [6.45, 7) is 5.61. The number of esters is 2. The molecule has 0 spiro atoms. The monoisotopic (exact) mass is 366 g/mol. The van der Waals surface area contributed by atoms with E-state index in [0.29, 0.717) is 17.6 Å². The minimum absolute atomic E-state index is 0.0283. The Labute approximate surface area is 158 Å². The van der Waals surface area contributed by atoms with Gasteiger partial charge in [-0.05, 0) is 32.1 Å². The highest BCUT2D eigenvalue weighted by molar-refractivity contribution is 6.09. The highest BCUT2D eigenvalue weighted by Gasteiger charge is 2.55. The van der Waals surface area contributed by atoms with Crippen LogP contribution in [0.3, 0.4) is 0 Å². The molecule has 0 amide bonds. The van der Waals surface area contributed by atoms with Crippen molar-refractivity contribution in [1.82, 2.24) is 0 Å². The molecule has 3 aliphatic rings. The van der Waals surface area contributed by atoms with Crippen molar-refractivity contribution in [2.45, 2.75) is 39.4 Å². The predicted molar refractivity (Wildman–Crippen MR) is 97.8 cm³/mol. The first-order chi connectivity index (χ1) is 12.9. The molecule has 1 aromatic rings. The number of benzene rings is 1. The summed E-state index contributed by atoms with van der Waals surface area (Å²) in [6, 6.07) is 8.80. The standard InChI is InChI=1S/C22H22O5/c1-11-9-15(23)17-12(2)10-16(26-22(25)14-7-5-4-6-8-14)19-13(3)21(24)27-20(19)18(11)17/h4-9,13,16,18-20H,10H2,1-3H3/t13-,16-,18-,19-,20+/m1/s1. The van der Waals surface area contributed by atoms with E-state index in [9.17, 15) is 14.4 Å².